The van der Waals surface area contributed by atoms with Crippen LogP contribution in [0.5, 0.6) is 5.19 Å². The number of imidazole rings is 1. The number of thiazole rings is 1. The van der Waals surface area contributed by atoms with Crippen molar-refractivity contribution in [1.29, 1.82) is 0 Å². The maximum atomic E-state index is 12.8. The zero-order valence-electron chi connectivity index (χ0n) is 17.0. The van der Waals surface area contributed by atoms with E-state index in [0.717, 1.165) is 16.0 Å². The number of benzene rings is 1. The van der Waals surface area contributed by atoms with Gasteiger partial charge < -0.3 is 13.9 Å². The highest BCUT2D eigenvalue weighted by molar-refractivity contribution is 7.14. The number of hydrogen-bond acceptors (Lipinski definition) is 6. The van der Waals surface area contributed by atoms with Gasteiger partial charge in [0.05, 0.1) is 29.4 Å². The monoisotopic (exact) mass is 467 g/mol. The van der Waals surface area contributed by atoms with Gasteiger partial charge in [-0.1, -0.05) is 35.1 Å². The first-order valence-electron chi connectivity index (χ1n) is 9.86. The Balaban J connectivity index is 1.58. The van der Waals surface area contributed by atoms with Gasteiger partial charge in [-0.25, -0.2) is 14.8 Å². The minimum absolute atomic E-state index is 0.427. The van der Waals surface area contributed by atoms with Crippen LogP contribution in [0.25, 0.3) is 12.2 Å². The average molecular weight is 468 g/mol. The van der Waals surface area contributed by atoms with Crippen LogP contribution in [0.1, 0.15) is 33.2 Å². The fourth-order valence-electron chi connectivity index (χ4n) is 3.74. The highest BCUT2D eigenvalue weighted by Gasteiger charge is 2.30. The molecule has 0 bridgehead atoms. The van der Waals surface area contributed by atoms with E-state index >= 15 is 0 Å². The molecule has 5 rings (SSSR count). The third-order valence-corrected chi connectivity index (χ3v) is 6.47. The Morgan fingerprint density at radius 2 is 2.12 bits per heavy atom. The summed E-state index contributed by atoms with van der Waals surface area (Å²) < 4.78 is 9.18. The van der Waals surface area contributed by atoms with E-state index in [1.54, 1.807) is 31.8 Å². The second kappa shape index (κ2) is 8.25. The molecule has 1 unspecified atom stereocenters. The van der Waals surface area contributed by atoms with Crippen molar-refractivity contribution in [2.75, 3.05) is 6.61 Å². The summed E-state index contributed by atoms with van der Waals surface area (Å²) in [7, 11) is 1.60. The van der Waals surface area contributed by atoms with Gasteiger partial charge in [-0.15, -0.1) is 0 Å². The van der Waals surface area contributed by atoms with Gasteiger partial charge in [-0.05, 0) is 29.3 Å². The summed E-state index contributed by atoms with van der Waals surface area (Å²) in [6.45, 7) is 1.08. The first-order valence-corrected chi connectivity index (χ1v) is 11.1. The van der Waals surface area contributed by atoms with Crippen molar-refractivity contribution in [3.8, 4) is 5.19 Å². The molecule has 8 nitrogen and oxygen atoms in total. The molecule has 0 saturated carbocycles. The second-order valence-electron chi connectivity index (χ2n) is 7.37. The molecule has 0 amide bonds. The molecule has 1 aliphatic rings. The molecule has 10 heteroatoms. The van der Waals surface area contributed by atoms with Crippen molar-refractivity contribution in [3.05, 3.63) is 96.2 Å². The number of aryl methyl sites for hydroxylation is 1. The normalized spacial score (nSPS) is 14.6. The van der Waals surface area contributed by atoms with Crippen molar-refractivity contribution < 1.29 is 4.74 Å². The van der Waals surface area contributed by atoms with E-state index in [-0.39, 0.29) is 0 Å². The minimum atomic E-state index is -0.481. The fourth-order valence-corrected chi connectivity index (χ4v) is 4.80. The van der Waals surface area contributed by atoms with E-state index in [0.29, 0.717) is 34.6 Å². The molecule has 1 N–H and O–H groups in total. The third-order valence-electron chi connectivity index (χ3n) is 5.29. The Morgan fingerprint density at radius 3 is 2.94 bits per heavy atom. The van der Waals surface area contributed by atoms with Crippen molar-refractivity contribution in [2.24, 2.45) is 7.05 Å². The molecular weight excluding hydrogens is 450 g/mol. The Morgan fingerprint density at radius 1 is 1.25 bits per heavy atom. The fraction of sp³-hybridized carbons (Fsp3) is 0.182. The number of fused-ring (bicyclic) bond motifs is 2. The minimum Gasteiger partial charge on any atom is -0.468 e. The van der Waals surface area contributed by atoms with Gasteiger partial charge in [0.2, 0.25) is 0 Å². The Bertz CT molecular complexity index is 1430. The molecule has 0 aliphatic heterocycles. The van der Waals surface area contributed by atoms with Gasteiger partial charge in [0.15, 0.2) is 0 Å². The molecule has 162 valence electrons. The van der Waals surface area contributed by atoms with Gasteiger partial charge in [0, 0.05) is 36.2 Å². The molecule has 0 saturated heterocycles. The lowest BCUT2D eigenvalue weighted by Gasteiger charge is -2.18. The molecule has 4 aromatic rings. The van der Waals surface area contributed by atoms with E-state index in [1.165, 1.54) is 15.9 Å². The van der Waals surface area contributed by atoms with E-state index in [9.17, 15) is 9.59 Å². The molecule has 0 radical (unpaired) electrons. The molecule has 0 spiro atoms. The smallest absolute Gasteiger partial charge is 0.328 e. The van der Waals surface area contributed by atoms with Crippen LogP contribution < -0.4 is 16.0 Å². The lowest BCUT2D eigenvalue weighted by Crippen LogP contribution is -2.31. The van der Waals surface area contributed by atoms with E-state index < -0.39 is 17.2 Å². The molecule has 32 heavy (non-hydrogen) atoms. The lowest BCUT2D eigenvalue weighted by molar-refractivity contribution is 0.296. The molecule has 1 atom stereocenters. The van der Waals surface area contributed by atoms with Crippen LogP contribution in [0.15, 0.2) is 52.7 Å². The number of aromatic amines is 1. The summed E-state index contributed by atoms with van der Waals surface area (Å²) in [6, 6.07) is 5.54. The van der Waals surface area contributed by atoms with Crippen molar-refractivity contribution >= 4 is 35.1 Å². The molecule has 0 fully saturated rings. The first kappa shape index (κ1) is 20.5. The SMILES string of the molecule is Cn1cc(C2c3ccc(Cl)cc3C=Cc3sc(OCCn4ccnc4)nc32)c(=O)[nH]c1=O. The van der Waals surface area contributed by atoms with E-state index in [1.807, 2.05) is 35.0 Å². The summed E-state index contributed by atoms with van der Waals surface area (Å²) in [4.78, 5) is 36.8. The number of hydrogen-bond donors (Lipinski definition) is 1. The molecule has 1 aliphatic carbocycles. The molecular formula is C22H18ClN5O3S. The van der Waals surface area contributed by atoms with Gasteiger partial charge in [0.25, 0.3) is 10.8 Å². The standard InChI is InChI=1S/C22H18ClN5O3S/c1-27-11-16(20(29)26-21(27)30)18-15-4-3-14(23)10-13(15)2-5-17-19(18)25-22(32-17)31-9-8-28-7-6-24-12-28/h2-7,10-12,18H,8-9H2,1H3,(H,26,29,30). The number of rotatable bonds is 5. The van der Waals surface area contributed by atoms with Crippen molar-refractivity contribution in [3.63, 3.8) is 0 Å². The van der Waals surface area contributed by atoms with E-state index in [4.69, 9.17) is 21.3 Å². The largest absolute Gasteiger partial charge is 0.468 e. The van der Waals surface area contributed by atoms with Crippen molar-refractivity contribution in [1.82, 2.24) is 24.1 Å². The Kier molecular flexibility index (Phi) is 5.28. The van der Waals surface area contributed by atoms with Crippen LogP contribution in [0.4, 0.5) is 0 Å². The van der Waals surface area contributed by atoms with Crippen LogP contribution in [0.3, 0.4) is 0 Å². The average Bonchev–Trinajstić information content (AvgIpc) is 3.39. The lowest BCUT2D eigenvalue weighted by atomic mass is 9.87. The van der Waals surface area contributed by atoms with Gasteiger partial charge in [-0.3, -0.25) is 9.78 Å². The Hall–Kier alpha value is -3.43. The number of halogens is 1. The van der Waals surface area contributed by atoms with Crippen LogP contribution in [0, 0.1) is 0 Å². The highest BCUT2D eigenvalue weighted by Crippen LogP contribution is 2.42. The summed E-state index contributed by atoms with van der Waals surface area (Å²) in [6.07, 6.45) is 10.8. The van der Waals surface area contributed by atoms with Gasteiger partial charge in [-0.2, -0.15) is 0 Å². The van der Waals surface area contributed by atoms with Gasteiger partial charge >= 0.3 is 5.69 Å². The van der Waals surface area contributed by atoms with Gasteiger partial charge in [0.1, 0.15) is 6.61 Å². The number of ether oxygens (including phenoxy) is 1. The van der Waals surface area contributed by atoms with Crippen LogP contribution in [-0.2, 0) is 13.6 Å². The predicted octanol–water partition coefficient (Wildman–Crippen LogP) is 3.12. The summed E-state index contributed by atoms with van der Waals surface area (Å²) in [5.74, 6) is -0.481. The number of nitrogens with zero attached hydrogens (tertiary/aromatic N) is 4. The summed E-state index contributed by atoms with van der Waals surface area (Å²) >= 11 is 7.64. The molecule has 3 heterocycles. The number of aromatic nitrogens is 5. The summed E-state index contributed by atoms with van der Waals surface area (Å²) in [5, 5.41) is 1.12. The maximum absolute atomic E-state index is 12.8. The zero-order valence-corrected chi connectivity index (χ0v) is 18.6. The second-order valence-corrected chi connectivity index (χ2v) is 8.80. The quantitative estimate of drug-likeness (QED) is 0.428. The summed E-state index contributed by atoms with van der Waals surface area (Å²) in [5.41, 5.74) is 1.99. The maximum Gasteiger partial charge on any atom is 0.328 e. The third kappa shape index (κ3) is 3.80. The van der Waals surface area contributed by atoms with E-state index in [2.05, 4.69) is 9.97 Å². The predicted molar refractivity (Wildman–Crippen MR) is 123 cm³/mol. The molecule has 1 aromatic carbocycles. The first-order chi connectivity index (χ1) is 15.5. The van der Waals surface area contributed by atoms with Crippen LogP contribution >= 0.6 is 22.9 Å². The number of H-pyrrole nitrogens is 1. The van der Waals surface area contributed by atoms with Crippen LogP contribution in [0.2, 0.25) is 5.02 Å². The number of nitrogens with one attached hydrogen (secondary N) is 1. The topological polar surface area (TPSA) is 94.8 Å². The Labute approximate surface area is 191 Å². The zero-order chi connectivity index (χ0) is 22.2. The van der Waals surface area contributed by atoms with Crippen LogP contribution in [-0.4, -0.2) is 30.7 Å². The molecule has 3 aromatic heterocycles. The van der Waals surface area contributed by atoms with Crippen molar-refractivity contribution in [2.45, 2.75) is 12.5 Å². The highest BCUT2D eigenvalue weighted by atomic mass is 35.5.